The summed E-state index contributed by atoms with van der Waals surface area (Å²) in [5.41, 5.74) is -4.39. The molecule has 0 spiro atoms. The Labute approximate surface area is 493 Å². The summed E-state index contributed by atoms with van der Waals surface area (Å²) in [6, 6.07) is 3.02. The van der Waals surface area contributed by atoms with Crippen LogP contribution in [0, 0.1) is 23.7 Å². The van der Waals surface area contributed by atoms with Gasteiger partial charge in [0.2, 0.25) is 5.43 Å². The second kappa shape index (κ2) is 29.2. The molecule has 22 nitrogen and oxygen atoms in total. The van der Waals surface area contributed by atoms with Crippen LogP contribution in [-0.2, 0) is 61.8 Å². The van der Waals surface area contributed by atoms with Crippen molar-refractivity contribution in [3.8, 4) is 0 Å². The van der Waals surface area contributed by atoms with Crippen molar-refractivity contribution in [3.05, 3.63) is 39.1 Å². The number of carbonyl (C=O) groups excluding carboxylic acids is 3. The number of aromatic nitrogens is 1. The molecule has 0 bridgehead atoms. The number of carboxylic acids is 1. The Morgan fingerprint density at radius 1 is 0.880 bits per heavy atom. The number of hydrogen-bond acceptors (Lipinski definition) is 20. The number of anilines is 1. The molecule has 1 aromatic carbocycles. The van der Waals surface area contributed by atoms with E-state index in [4.69, 9.17) is 59.0 Å². The van der Waals surface area contributed by atoms with Crippen molar-refractivity contribution in [2.75, 3.05) is 66.1 Å². The number of aliphatic hydroxyl groups is 3. The Bertz CT molecular complexity index is 2580. The molecular formula is C60H94ClN3O19. The van der Waals surface area contributed by atoms with Gasteiger partial charge in [0.15, 0.2) is 18.7 Å². The highest BCUT2D eigenvalue weighted by Crippen LogP contribution is 2.43. The molecule has 23 heteroatoms. The number of hydrogen-bond donors (Lipinski definition) is 5. The van der Waals surface area contributed by atoms with Gasteiger partial charge in [-0.1, -0.05) is 46.2 Å². The van der Waals surface area contributed by atoms with E-state index in [1.165, 1.54) is 20.2 Å². The van der Waals surface area contributed by atoms with Gasteiger partial charge in [-0.15, -0.1) is 0 Å². The smallest absolute Gasteiger partial charge is 0.341 e. The molecule has 1 aliphatic carbocycles. The fraction of sp³-hybridized carbons (Fsp3) is 0.783. The van der Waals surface area contributed by atoms with Crippen molar-refractivity contribution in [1.29, 1.82) is 0 Å². The minimum Gasteiger partial charge on any atom is -0.477 e. The Balaban J connectivity index is 1.13. The summed E-state index contributed by atoms with van der Waals surface area (Å²) in [5.74, 6) is -6.73. The van der Waals surface area contributed by atoms with Crippen molar-refractivity contribution in [2.45, 2.75) is 218 Å². The Morgan fingerprint density at radius 2 is 1.55 bits per heavy atom. The number of benzene rings is 1. The molecule has 0 unspecified atom stereocenters. The summed E-state index contributed by atoms with van der Waals surface area (Å²) in [6.07, 6.45) is -6.11. The predicted octanol–water partition coefficient (Wildman–Crippen LogP) is 6.31. The van der Waals surface area contributed by atoms with E-state index in [9.17, 15) is 44.4 Å². The minimum absolute atomic E-state index is 0.0157. The number of nitrogens with zero attached hydrogens (tertiary/aromatic N) is 2. The van der Waals surface area contributed by atoms with Crippen molar-refractivity contribution in [2.24, 2.45) is 23.7 Å². The molecule has 1 aromatic heterocycles. The highest BCUT2D eigenvalue weighted by atomic mass is 35.5. The van der Waals surface area contributed by atoms with Crippen LogP contribution < -0.4 is 10.7 Å². The summed E-state index contributed by atoms with van der Waals surface area (Å²) in [5, 5.41) is 49.0. The number of esters is 2. The lowest BCUT2D eigenvalue weighted by Crippen LogP contribution is -2.62. The maximum atomic E-state index is 14.7. The van der Waals surface area contributed by atoms with E-state index in [0.717, 1.165) is 12.8 Å². The van der Waals surface area contributed by atoms with E-state index in [-0.39, 0.29) is 93.6 Å². The zero-order valence-electron chi connectivity index (χ0n) is 51.1. The van der Waals surface area contributed by atoms with E-state index in [1.54, 1.807) is 53.7 Å². The summed E-state index contributed by atoms with van der Waals surface area (Å²) in [4.78, 5) is 69.3. The van der Waals surface area contributed by atoms with Crippen LogP contribution in [0.15, 0.2) is 23.1 Å². The first kappa shape index (κ1) is 68.2. The highest BCUT2D eigenvalue weighted by molar-refractivity contribution is 6.34. The normalized spacial score (nSPS) is 35.9. The molecule has 4 heterocycles. The van der Waals surface area contributed by atoms with Crippen LogP contribution in [0.4, 0.5) is 5.69 Å². The molecule has 18 atom stereocenters. The molecule has 6 rings (SSSR count). The maximum Gasteiger partial charge on any atom is 0.341 e. The number of aliphatic hydroxyl groups excluding tert-OH is 2. The third-order valence-corrected chi connectivity index (χ3v) is 17.6. The van der Waals surface area contributed by atoms with Gasteiger partial charge >= 0.3 is 17.9 Å². The zero-order valence-corrected chi connectivity index (χ0v) is 51.8. The van der Waals surface area contributed by atoms with Crippen molar-refractivity contribution in [1.82, 2.24) is 9.47 Å². The van der Waals surface area contributed by atoms with Gasteiger partial charge in [-0.2, -0.15) is 0 Å². The number of carbonyl (C=O) groups is 4. The lowest BCUT2D eigenvalue weighted by molar-refractivity contribution is -0.321. The van der Waals surface area contributed by atoms with E-state index in [2.05, 4.69) is 5.32 Å². The van der Waals surface area contributed by atoms with Gasteiger partial charge < -0.3 is 82.6 Å². The molecular weight excluding hydrogens is 1100 g/mol. The van der Waals surface area contributed by atoms with Gasteiger partial charge in [0.1, 0.15) is 34.8 Å². The van der Waals surface area contributed by atoms with Crippen LogP contribution in [0.5, 0.6) is 0 Å². The summed E-state index contributed by atoms with van der Waals surface area (Å²) in [7, 11) is 5.23. The number of fused-ring (bicyclic) bond motifs is 1. The number of likely N-dealkylation sites (N-methyl/N-ethyl adjacent to an activating group) is 1. The maximum absolute atomic E-state index is 14.7. The van der Waals surface area contributed by atoms with Crippen LogP contribution in [0.25, 0.3) is 10.9 Å². The molecule has 1 saturated carbocycles. The monoisotopic (exact) mass is 1200 g/mol. The second-order valence-electron chi connectivity index (χ2n) is 24.3. The van der Waals surface area contributed by atoms with E-state index in [0.29, 0.717) is 35.6 Å². The number of pyridine rings is 1. The lowest BCUT2D eigenvalue weighted by Gasteiger charge is -2.50. The molecule has 3 saturated heterocycles. The highest BCUT2D eigenvalue weighted by Gasteiger charge is 2.55. The average Bonchev–Trinajstić information content (AvgIpc) is 4.47. The Kier molecular flexibility index (Phi) is 24.0. The molecule has 3 aliphatic heterocycles. The van der Waals surface area contributed by atoms with Gasteiger partial charge in [0.25, 0.3) is 0 Å². The van der Waals surface area contributed by atoms with Crippen LogP contribution >= 0.6 is 11.6 Å². The number of ether oxygens (including phenoxy) is 10. The fourth-order valence-corrected chi connectivity index (χ4v) is 12.5. The second-order valence-corrected chi connectivity index (χ2v) is 24.7. The van der Waals surface area contributed by atoms with Crippen LogP contribution in [0.1, 0.15) is 144 Å². The van der Waals surface area contributed by atoms with Gasteiger partial charge in [-0.05, 0) is 106 Å². The topological polar surface area (TPSA) is 279 Å². The molecule has 5 N–H and O–H groups in total. The quantitative estimate of drug-likeness (QED) is 0.0602. The predicted molar refractivity (Wildman–Crippen MR) is 307 cm³/mol. The van der Waals surface area contributed by atoms with Crippen molar-refractivity contribution in [3.63, 3.8) is 0 Å². The Morgan fingerprint density at radius 3 is 2.17 bits per heavy atom. The third kappa shape index (κ3) is 16.2. The Hall–Kier alpha value is -3.88. The number of nitrogens with one attached hydrogen (secondary N) is 1. The van der Waals surface area contributed by atoms with Gasteiger partial charge in [0, 0.05) is 68.1 Å². The minimum atomic E-state index is -2.04. The number of carboxylic acid groups (broad SMARTS) is 1. The first-order valence-electron chi connectivity index (χ1n) is 29.5. The number of ketones is 1. The van der Waals surface area contributed by atoms with Crippen molar-refractivity contribution < 1.29 is 87.0 Å². The number of aromatic carboxylic acids is 1. The zero-order chi connectivity index (χ0) is 61.5. The first-order valence-corrected chi connectivity index (χ1v) is 29.9. The first-order chi connectivity index (χ1) is 39.0. The molecule has 4 fully saturated rings. The van der Waals surface area contributed by atoms with Crippen molar-refractivity contribution >= 4 is 51.9 Å². The van der Waals surface area contributed by atoms with Gasteiger partial charge in [-0.25, -0.2) is 4.79 Å². The van der Waals surface area contributed by atoms with Crippen LogP contribution in [-0.4, -0.2) is 199 Å². The molecule has 2 aromatic rings. The molecule has 0 radical (unpaired) electrons. The average molecular weight is 1200 g/mol. The van der Waals surface area contributed by atoms with E-state index < -0.39 is 119 Å². The molecule has 4 aliphatic rings. The largest absolute Gasteiger partial charge is 0.477 e. The molecule has 0 amide bonds. The number of Topliss-reactive ketones (excluding diaryl/α,β-unsaturated/α-hetero) is 1. The number of rotatable bonds is 23. The van der Waals surface area contributed by atoms with Gasteiger partial charge in [-0.3, -0.25) is 19.2 Å². The summed E-state index contributed by atoms with van der Waals surface area (Å²) >= 11 is 6.59. The number of cyclic esters (lactones) is 1. The van der Waals surface area contributed by atoms with Gasteiger partial charge in [0.05, 0.1) is 91.1 Å². The number of methoxy groups -OCH3 is 1. The molecule has 470 valence electrons. The summed E-state index contributed by atoms with van der Waals surface area (Å²) in [6.45, 7) is 20.2. The lowest BCUT2D eigenvalue weighted by atomic mass is 9.73. The van der Waals surface area contributed by atoms with E-state index in [1.807, 2.05) is 51.3 Å². The van der Waals surface area contributed by atoms with Crippen LogP contribution in [0.3, 0.4) is 0 Å². The van der Waals surface area contributed by atoms with E-state index >= 15 is 0 Å². The summed E-state index contributed by atoms with van der Waals surface area (Å²) < 4.78 is 65.2. The fourth-order valence-electron chi connectivity index (χ4n) is 12.3. The molecule has 83 heavy (non-hydrogen) atoms. The van der Waals surface area contributed by atoms with Crippen LogP contribution in [0.2, 0.25) is 5.02 Å². The number of halogens is 1. The standard InChI is InChI=1S/C60H94ClN3O19/c1-15-21-77-59(10)29-32(3)48(66)34(5)52(69)60(11,73)45(16-2)80-56(72)36(7)51(35(6)53(59)83-57-50(68)44(63(12)13)26-33(4)78-57)82-47-30-58(9,74-14)54(37(8)79-47)81-46(65)19-22-75-24-25-76-23-20-62-42-27-39-43(28-41(42)61)64(38-17-18-38)31-40(49(39)67)55(70)71/h27-28,31-38,44-45,47,50-54,57,62,68-69,73H,15-26,29-30H2,1-14H3,(H,70,71)/t32-,33+,34+,35+,36-,37+,44-,45-,47+,50+,51+,52-,53-,54+,57-,58-,59-,60-/m1/s1. The third-order valence-electron chi connectivity index (χ3n) is 17.3. The SMILES string of the molecule is CCCO[C@]1(C)C[C@@H](C)C(=O)[C@H](C)[C@@H](O)[C@](C)(O)[C@@H](CC)OC(=O)[C@H](C)[C@@H](O[C@H]2C[C@@](C)(OC)[C@@H](OC(=O)CCOCCOCCNc3cc4c(=O)c(C(=O)O)cn(C5CC5)c4cc3Cl)[C@H](C)O2)[C@H](C)[C@H]1O[C@H]1O[C@@H](C)C[C@@H](N(C)C)[C@@H]1O.